The van der Waals surface area contributed by atoms with Gasteiger partial charge in [0.1, 0.15) is 0 Å². The predicted molar refractivity (Wildman–Crippen MR) is 44.2 cm³/mol. The third kappa shape index (κ3) is 3.08. The third-order valence-corrected chi connectivity index (χ3v) is 2.91. The molecule has 0 saturated carbocycles. The highest BCUT2D eigenvalue weighted by Crippen LogP contribution is 2.22. The molecular formula is C7H13O4S. The fraction of sp³-hybridized carbons (Fsp3) is 0.857. The molecule has 12 heavy (non-hydrogen) atoms. The molecule has 1 saturated heterocycles. The van der Waals surface area contributed by atoms with Gasteiger partial charge in [0.25, 0.3) is 10.1 Å². The van der Waals surface area contributed by atoms with Gasteiger partial charge in [-0.25, -0.2) is 0 Å². The van der Waals surface area contributed by atoms with E-state index in [0.717, 1.165) is 6.42 Å². The zero-order valence-electron chi connectivity index (χ0n) is 6.77. The van der Waals surface area contributed by atoms with Gasteiger partial charge in [0.15, 0.2) is 0 Å². The number of rotatable bonds is 3. The van der Waals surface area contributed by atoms with Gasteiger partial charge in [-0.2, -0.15) is 8.42 Å². The minimum Gasteiger partial charge on any atom is -0.381 e. The molecule has 1 rings (SSSR count). The van der Waals surface area contributed by atoms with Gasteiger partial charge in [-0.05, 0) is 25.2 Å². The second-order valence-electron chi connectivity index (χ2n) is 3.13. The van der Waals surface area contributed by atoms with Crippen LogP contribution in [0.4, 0.5) is 0 Å². The van der Waals surface area contributed by atoms with Crippen LogP contribution in [0.3, 0.4) is 0 Å². The van der Waals surface area contributed by atoms with E-state index in [1.165, 1.54) is 0 Å². The van der Waals surface area contributed by atoms with Crippen LogP contribution in [-0.2, 0) is 14.9 Å². The Balaban J connectivity index is 2.42. The highest BCUT2D eigenvalue weighted by atomic mass is 32.2. The minimum absolute atomic E-state index is 0.173. The van der Waals surface area contributed by atoms with E-state index in [2.05, 4.69) is 6.92 Å². The van der Waals surface area contributed by atoms with Gasteiger partial charge in [0.05, 0.1) is 5.75 Å². The summed E-state index contributed by atoms with van der Waals surface area (Å²) >= 11 is 0. The molecule has 0 amide bonds. The van der Waals surface area contributed by atoms with E-state index >= 15 is 0 Å². The first kappa shape index (κ1) is 9.95. The topological polar surface area (TPSA) is 63.6 Å². The van der Waals surface area contributed by atoms with Gasteiger partial charge < -0.3 is 4.74 Å². The Morgan fingerprint density at radius 3 is 2.75 bits per heavy atom. The van der Waals surface area contributed by atoms with E-state index in [-0.39, 0.29) is 17.6 Å². The maximum atomic E-state index is 10.5. The molecule has 2 atom stereocenters. The van der Waals surface area contributed by atoms with E-state index in [9.17, 15) is 8.42 Å². The molecule has 1 aliphatic rings. The molecule has 5 heteroatoms. The Bertz CT molecular complexity index is 228. The van der Waals surface area contributed by atoms with Gasteiger partial charge >= 0.3 is 0 Å². The second kappa shape index (κ2) is 3.72. The molecule has 0 aliphatic carbocycles. The molecule has 4 nitrogen and oxygen atoms in total. The van der Waals surface area contributed by atoms with Crippen LogP contribution < -0.4 is 0 Å². The van der Waals surface area contributed by atoms with Gasteiger partial charge in [-0.1, -0.05) is 0 Å². The smallest absolute Gasteiger partial charge is 0.265 e. The molecule has 71 valence electrons. The van der Waals surface area contributed by atoms with Crippen molar-refractivity contribution in [1.29, 1.82) is 0 Å². The van der Waals surface area contributed by atoms with Gasteiger partial charge in [0, 0.05) is 13.2 Å². The largest absolute Gasteiger partial charge is 0.381 e. The highest BCUT2D eigenvalue weighted by Gasteiger charge is 2.25. The monoisotopic (exact) mass is 193 g/mol. The molecule has 1 fully saturated rings. The normalized spacial score (nSPS) is 27.3. The molecule has 0 aromatic carbocycles. The van der Waals surface area contributed by atoms with Crippen molar-refractivity contribution in [3.8, 4) is 0 Å². The van der Waals surface area contributed by atoms with Crippen LogP contribution in [0.1, 0.15) is 6.42 Å². The maximum Gasteiger partial charge on any atom is 0.265 e. The Morgan fingerprint density at radius 2 is 2.33 bits per heavy atom. The number of hydrogen-bond acceptors (Lipinski definition) is 3. The molecule has 1 heterocycles. The van der Waals surface area contributed by atoms with Crippen LogP contribution >= 0.6 is 0 Å². The van der Waals surface area contributed by atoms with Crippen LogP contribution in [0.5, 0.6) is 0 Å². The molecule has 0 aromatic rings. The van der Waals surface area contributed by atoms with Crippen LogP contribution in [0.15, 0.2) is 0 Å². The van der Waals surface area contributed by atoms with Gasteiger partial charge in [-0.15, -0.1) is 0 Å². The molecule has 0 bridgehead atoms. The summed E-state index contributed by atoms with van der Waals surface area (Å²) in [5, 5.41) is 0. The first-order chi connectivity index (χ1) is 5.49. The quantitative estimate of drug-likeness (QED) is 0.657. The lowest BCUT2D eigenvalue weighted by Crippen LogP contribution is -2.21. The second-order valence-corrected chi connectivity index (χ2v) is 4.63. The summed E-state index contributed by atoms with van der Waals surface area (Å²) in [7, 11) is -3.88. The minimum atomic E-state index is -3.88. The molecule has 1 aliphatic heterocycles. The first-order valence-electron chi connectivity index (χ1n) is 3.85. The summed E-state index contributed by atoms with van der Waals surface area (Å²) in [6, 6.07) is 0. The van der Waals surface area contributed by atoms with Crippen molar-refractivity contribution in [3.05, 3.63) is 6.92 Å². The summed E-state index contributed by atoms with van der Waals surface area (Å²) in [6.45, 7) is 4.91. The molecule has 1 unspecified atom stereocenters. The Kier molecular flexibility index (Phi) is 3.09. The Labute approximate surface area is 72.7 Å². The summed E-state index contributed by atoms with van der Waals surface area (Å²) in [5.41, 5.74) is 0. The van der Waals surface area contributed by atoms with E-state index < -0.39 is 10.1 Å². The third-order valence-electron chi connectivity index (χ3n) is 2.06. The van der Waals surface area contributed by atoms with Crippen molar-refractivity contribution in [1.82, 2.24) is 0 Å². The zero-order valence-corrected chi connectivity index (χ0v) is 7.59. The lowest BCUT2D eigenvalue weighted by Gasteiger charge is -2.14. The van der Waals surface area contributed by atoms with E-state index in [1.807, 2.05) is 0 Å². The Morgan fingerprint density at radius 1 is 1.67 bits per heavy atom. The van der Waals surface area contributed by atoms with E-state index in [0.29, 0.717) is 13.2 Å². The number of ether oxygens (including phenoxy) is 1. The molecule has 1 radical (unpaired) electrons. The number of hydrogen-bond donors (Lipinski definition) is 1. The van der Waals surface area contributed by atoms with Gasteiger partial charge in [-0.3, -0.25) is 4.55 Å². The van der Waals surface area contributed by atoms with Crippen LogP contribution in [-0.4, -0.2) is 31.9 Å². The van der Waals surface area contributed by atoms with Crippen molar-refractivity contribution in [2.24, 2.45) is 11.8 Å². The summed E-state index contributed by atoms with van der Waals surface area (Å²) in [4.78, 5) is 0. The maximum absolute atomic E-state index is 10.5. The summed E-state index contributed by atoms with van der Waals surface area (Å²) in [5.74, 6) is -0.351. The SMILES string of the molecule is [CH2]C(CS(=O)(=O)O)[C@@H]1CCOC1. The van der Waals surface area contributed by atoms with Crippen LogP contribution in [0.2, 0.25) is 0 Å². The lowest BCUT2D eigenvalue weighted by molar-refractivity contribution is 0.179. The van der Waals surface area contributed by atoms with Crippen molar-refractivity contribution in [2.45, 2.75) is 6.42 Å². The predicted octanol–water partition coefficient (Wildman–Crippen LogP) is 0.361. The average molecular weight is 193 g/mol. The molecule has 0 aromatic heterocycles. The Hall–Kier alpha value is -0.130. The van der Waals surface area contributed by atoms with Crippen molar-refractivity contribution >= 4 is 10.1 Å². The molecule has 1 N–H and O–H groups in total. The van der Waals surface area contributed by atoms with Crippen LogP contribution in [0, 0.1) is 18.8 Å². The highest BCUT2D eigenvalue weighted by molar-refractivity contribution is 7.85. The average Bonchev–Trinajstić information content (AvgIpc) is 2.32. The molecular weight excluding hydrogens is 180 g/mol. The van der Waals surface area contributed by atoms with Crippen molar-refractivity contribution in [3.63, 3.8) is 0 Å². The van der Waals surface area contributed by atoms with E-state index in [4.69, 9.17) is 9.29 Å². The zero-order chi connectivity index (χ0) is 9.19. The lowest BCUT2D eigenvalue weighted by atomic mass is 9.95. The van der Waals surface area contributed by atoms with E-state index in [1.54, 1.807) is 0 Å². The summed E-state index contributed by atoms with van der Waals surface area (Å²) < 4.78 is 34.6. The van der Waals surface area contributed by atoms with Crippen molar-refractivity contribution < 1.29 is 17.7 Å². The standard InChI is InChI=1S/C7H13O4S/c1-6(5-12(8,9)10)7-2-3-11-4-7/h6-7H,1-5H2,(H,8,9,10)/t6?,7-/m1/s1. The fourth-order valence-electron chi connectivity index (χ4n) is 1.33. The fourth-order valence-corrected chi connectivity index (χ4v) is 2.14. The van der Waals surface area contributed by atoms with Crippen molar-refractivity contribution in [2.75, 3.05) is 19.0 Å². The summed E-state index contributed by atoms with van der Waals surface area (Å²) in [6.07, 6.45) is 0.837. The van der Waals surface area contributed by atoms with Gasteiger partial charge in [0.2, 0.25) is 0 Å². The first-order valence-corrected chi connectivity index (χ1v) is 5.46. The van der Waals surface area contributed by atoms with Crippen LogP contribution in [0.25, 0.3) is 0 Å². The molecule has 0 spiro atoms.